The lowest BCUT2D eigenvalue weighted by molar-refractivity contribution is -0.146. The number of fused-ring (bicyclic) bond motifs is 1. The second-order valence-electron chi connectivity index (χ2n) is 12.3. The summed E-state index contributed by atoms with van der Waals surface area (Å²) >= 11 is 1.68. The molecule has 3 saturated heterocycles. The summed E-state index contributed by atoms with van der Waals surface area (Å²) in [6.07, 6.45) is 7.80. The first-order valence-electron chi connectivity index (χ1n) is 15.1. The third kappa shape index (κ3) is 5.38. The van der Waals surface area contributed by atoms with E-state index in [2.05, 4.69) is 27.0 Å². The number of rotatable bonds is 14. The van der Waals surface area contributed by atoms with Crippen molar-refractivity contribution < 1.29 is 19.5 Å². The number of para-hydroxylation sites is 1. The van der Waals surface area contributed by atoms with Crippen molar-refractivity contribution in [2.24, 2.45) is 17.8 Å². The highest BCUT2D eigenvalue weighted by Crippen LogP contribution is 2.72. The normalized spacial score (nSPS) is 29.0. The molecule has 0 saturated carbocycles. The van der Waals surface area contributed by atoms with Crippen molar-refractivity contribution >= 4 is 35.2 Å². The molecule has 2 unspecified atom stereocenters. The standard InChI is InChI=1S/C33H47N3O4S/c1-7-10-14-21-34(19-8-2)31(40)28-33-18-17-32(6,41-33)26(27(33)30(39)36(28)25(22-37)23(4)5)29(38)35(20-9-3)24-15-12-11-13-16-24/h8-9,11-13,15-16,23,25-28,37H,2-3,7,10,14,17-22H2,1,4-6H3/t25-,26+,27-,28?,32-,33?/m0/s1. The van der Waals surface area contributed by atoms with Crippen molar-refractivity contribution in [1.82, 2.24) is 9.80 Å². The maximum Gasteiger partial charge on any atom is 0.247 e. The molecule has 1 aromatic carbocycles. The summed E-state index contributed by atoms with van der Waals surface area (Å²) in [4.78, 5) is 49.0. The van der Waals surface area contributed by atoms with E-state index in [4.69, 9.17) is 0 Å². The molecule has 1 aromatic rings. The zero-order chi connectivity index (χ0) is 29.9. The minimum Gasteiger partial charge on any atom is -0.394 e. The second kappa shape index (κ2) is 12.7. The number of amides is 3. The van der Waals surface area contributed by atoms with Crippen LogP contribution in [0.3, 0.4) is 0 Å². The van der Waals surface area contributed by atoms with Crippen LogP contribution in [0.4, 0.5) is 5.69 Å². The van der Waals surface area contributed by atoms with Gasteiger partial charge < -0.3 is 19.8 Å². The maximum atomic E-state index is 14.6. The van der Waals surface area contributed by atoms with Gasteiger partial charge in [0.1, 0.15) is 6.04 Å². The number of likely N-dealkylation sites (tertiary alicyclic amines) is 1. The van der Waals surface area contributed by atoms with E-state index >= 15 is 0 Å². The van der Waals surface area contributed by atoms with E-state index in [1.807, 2.05) is 49.1 Å². The van der Waals surface area contributed by atoms with Crippen LogP contribution in [0.5, 0.6) is 0 Å². The lowest BCUT2D eigenvalue weighted by atomic mass is 9.66. The zero-order valence-electron chi connectivity index (χ0n) is 25.1. The van der Waals surface area contributed by atoms with Gasteiger partial charge in [0, 0.05) is 30.1 Å². The summed E-state index contributed by atoms with van der Waals surface area (Å²) in [7, 11) is 0. The Labute approximate surface area is 250 Å². The SMILES string of the molecule is C=CCN(CCCCC)C(=O)C1N([C@@H](CO)C(C)C)C(=O)[C@@H]2[C@H](C(=O)N(CC=C)c3ccccc3)[C@]3(C)CCC12S3. The third-order valence-corrected chi connectivity index (χ3v) is 11.4. The van der Waals surface area contributed by atoms with E-state index in [0.717, 1.165) is 31.4 Å². The summed E-state index contributed by atoms with van der Waals surface area (Å²) in [5.74, 6) is -1.66. The number of anilines is 1. The Morgan fingerprint density at radius 2 is 1.80 bits per heavy atom. The number of carbonyl (C=O) groups excluding carboxylic acids is 3. The fraction of sp³-hybridized carbons (Fsp3) is 0.606. The van der Waals surface area contributed by atoms with Gasteiger partial charge in [-0.3, -0.25) is 14.4 Å². The van der Waals surface area contributed by atoms with Crippen molar-refractivity contribution in [1.29, 1.82) is 0 Å². The topological polar surface area (TPSA) is 81.2 Å². The Morgan fingerprint density at radius 1 is 1.12 bits per heavy atom. The van der Waals surface area contributed by atoms with E-state index in [1.54, 1.807) is 33.7 Å². The smallest absolute Gasteiger partial charge is 0.247 e. The second-order valence-corrected chi connectivity index (χ2v) is 14.2. The number of hydrogen-bond acceptors (Lipinski definition) is 5. The van der Waals surface area contributed by atoms with Crippen molar-refractivity contribution in [3.05, 3.63) is 55.6 Å². The predicted molar refractivity (Wildman–Crippen MR) is 167 cm³/mol. The quantitative estimate of drug-likeness (QED) is 0.250. The molecule has 3 aliphatic rings. The molecule has 7 nitrogen and oxygen atoms in total. The van der Waals surface area contributed by atoms with E-state index in [9.17, 15) is 19.5 Å². The van der Waals surface area contributed by atoms with Crippen molar-refractivity contribution in [3.8, 4) is 0 Å². The number of nitrogens with zero attached hydrogens (tertiary/aromatic N) is 3. The molecule has 4 rings (SSSR count). The predicted octanol–water partition coefficient (Wildman–Crippen LogP) is 4.91. The zero-order valence-corrected chi connectivity index (χ0v) is 25.9. The van der Waals surface area contributed by atoms with Gasteiger partial charge in [0.05, 0.1) is 29.2 Å². The maximum absolute atomic E-state index is 14.6. The van der Waals surface area contributed by atoms with E-state index in [0.29, 0.717) is 26.1 Å². The van der Waals surface area contributed by atoms with Crippen LogP contribution in [0.1, 0.15) is 59.8 Å². The summed E-state index contributed by atoms with van der Waals surface area (Å²) in [6, 6.07) is 8.26. The largest absolute Gasteiger partial charge is 0.394 e. The van der Waals surface area contributed by atoms with Crippen LogP contribution < -0.4 is 4.90 Å². The van der Waals surface area contributed by atoms with Gasteiger partial charge >= 0.3 is 0 Å². The van der Waals surface area contributed by atoms with Gasteiger partial charge in [-0.25, -0.2) is 0 Å². The van der Waals surface area contributed by atoms with Gasteiger partial charge in [-0.05, 0) is 44.2 Å². The van der Waals surface area contributed by atoms with Gasteiger partial charge in [-0.2, -0.15) is 0 Å². The van der Waals surface area contributed by atoms with Crippen LogP contribution in [0, 0.1) is 17.8 Å². The highest BCUT2D eigenvalue weighted by molar-refractivity contribution is 8.02. The Balaban J connectivity index is 1.81. The van der Waals surface area contributed by atoms with Crippen molar-refractivity contribution in [3.63, 3.8) is 0 Å². The third-order valence-electron chi connectivity index (χ3n) is 9.37. The highest BCUT2D eigenvalue weighted by atomic mass is 32.2. The van der Waals surface area contributed by atoms with Gasteiger partial charge in [0.2, 0.25) is 17.7 Å². The summed E-state index contributed by atoms with van der Waals surface area (Å²) < 4.78 is -1.21. The molecule has 1 spiro atoms. The highest BCUT2D eigenvalue weighted by Gasteiger charge is 2.78. The Kier molecular flexibility index (Phi) is 9.74. The van der Waals surface area contributed by atoms with E-state index in [1.165, 1.54) is 0 Å². The number of hydrogen-bond donors (Lipinski definition) is 1. The number of carbonyl (C=O) groups is 3. The molecular formula is C33H47N3O4S. The van der Waals surface area contributed by atoms with Crippen molar-refractivity contribution in [2.45, 2.75) is 81.4 Å². The fourth-order valence-electron chi connectivity index (χ4n) is 7.40. The first-order valence-corrected chi connectivity index (χ1v) is 15.9. The van der Waals surface area contributed by atoms with Crippen molar-refractivity contribution in [2.75, 3.05) is 31.1 Å². The molecule has 3 heterocycles. The van der Waals surface area contributed by atoms with Gasteiger partial charge in [0.25, 0.3) is 0 Å². The molecule has 0 aromatic heterocycles. The minimum atomic E-state index is -0.740. The number of aliphatic hydroxyl groups excluding tert-OH is 1. The first kappa shape index (κ1) is 31.4. The molecule has 224 valence electrons. The summed E-state index contributed by atoms with van der Waals surface area (Å²) in [5, 5.41) is 10.5. The first-order chi connectivity index (χ1) is 19.6. The van der Waals surface area contributed by atoms with E-state index < -0.39 is 33.4 Å². The van der Waals surface area contributed by atoms with Crippen LogP contribution in [0.25, 0.3) is 0 Å². The molecule has 0 radical (unpaired) electrons. The number of benzene rings is 1. The van der Waals surface area contributed by atoms with Crippen LogP contribution in [0.2, 0.25) is 0 Å². The average molecular weight is 582 g/mol. The van der Waals surface area contributed by atoms with Crippen LogP contribution in [0.15, 0.2) is 55.6 Å². The van der Waals surface area contributed by atoms with Crippen LogP contribution in [-0.4, -0.2) is 80.4 Å². The molecular weight excluding hydrogens is 534 g/mol. The molecule has 1 N–H and O–H groups in total. The summed E-state index contributed by atoms with van der Waals surface area (Å²) in [6.45, 7) is 17.0. The molecule has 3 fully saturated rings. The number of unbranched alkanes of at least 4 members (excludes halogenated alkanes) is 2. The Morgan fingerprint density at radius 3 is 2.39 bits per heavy atom. The number of aliphatic hydroxyl groups is 1. The molecule has 0 aliphatic carbocycles. The summed E-state index contributed by atoms with van der Waals surface area (Å²) in [5.41, 5.74) is 0.765. The molecule has 3 amide bonds. The number of thioether (sulfide) groups is 1. The van der Waals surface area contributed by atoms with Gasteiger partial charge in [-0.1, -0.05) is 64.0 Å². The molecule has 3 aliphatic heterocycles. The fourth-order valence-corrected chi connectivity index (χ4v) is 9.73. The lowest BCUT2D eigenvalue weighted by Gasteiger charge is -2.40. The molecule has 41 heavy (non-hydrogen) atoms. The molecule has 8 heteroatoms. The van der Waals surface area contributed by atoms with Gasteiger partial charge in [0.15, 0.2) is 0 Å². The van der Waals surface area contributed by atoms with Crippen LogP contribution >= 0.6 is 11.8 Å². The Bertz CT molecular complexity index is 1140. The van der Waals surface area contributed by atoms with E-state index in [-0.39, 0.29) is 30.2 Å². The van der Waals surface area contributed by atoms with Gasteiger partial charge in [-0.15, -0.1) is 24.9 Å². The minimum absolute atomic E-state index is 0.0593. The lowest BCUT2D eigenvalue weighted by Crippen LogP contribution is -2.58. The molecule has 6 atom stereocenters. The molecule has 2 bridgehead atoms. The average Bonchev–Trinajstić information content (AvgIpc) is 3.52. The monoisotopic (exact) mass is 581 g/mol. The van der Waals surface area contributed by atoms with Crippen LogP contribution in [-0.2, 0) is 14.4 Å². The Hall–Kier alpha value is -2.58.